The van der Waals surface area contributed by atoms with E-state index in [0.29, 0.717) is 6.61 Å². The second kappa shape index (κ2) is 9.40. The second-order valence-corrected chi connectivity index (χ2v) is 10.0. The summed E-state index contributed by atoms with van der Waals surface area (Å²) < 4.78 is 13.5. The molecule has 174 valence electrons. The zero-order valence-electron chi connectivity index (χ0n) is 18.8. The van der Waals surface area contributed by atoms with Crippen LogP contribution in [0.2, 0.25) is 5.02 Å². The fourth-order valence-corrected chi connectivity index (χ4v) is 5.07. The maximum Gasteiger partial charge on any atom is 0.213 e. The van der Waals surface area contributed by atoms with Gasteiger partial charge in [0.05, 0.1) is 11.8 Å². The predicted octanol–water partition coefficient (Wildman–Crippen LogP) is 7.92. The average molecular weight is 546 g/mol. The van der Waals surface area contributed by atoms with Gasteiger partial charge in [-0.1, -0.05) is 70.0 Å². The Kier molecular flexibility index (Phi) is 5.96. The van der Waals surface area contributed by atoms with Crippen LogP contribution < -0.4 is 9.47 Å². The molecule has 4 nitrogen and oxygen atoms in total. The van der Waals surface area contributed by atoms with E-state index in [4.69, 9.17) is 26.2 Å². The number of hydrazone groups is 1. The molecule has 2 aliphatic rings. The molecule has 2 heterocycles. The highest BCUT2D eigenvalue weighted by molar-refractivity contribution is 9.10. The van der Waals surface area contributed by atoms with Crippen molar-refractivity contribution in [1.29, 1.82) is 0 Å². The quantitative estimate of drug-likeness (QED) is 0.255. The number of rotatable bonds is 5. The summed E-state index contributed by atoms with van der Waals surface area (Å²) in [4.78, 5) is 0. The third kappa shape index (κ3) is 4.54. The summed E-state index contributed by atoms with van der Waals surface area (Å²) >= 11 is 9.73. The molecule has 2 atom stereocenters. The molecule has 0 N–H and O–H groups in total. The van der Waals surface area contributed by atoms with Crippen molar-refractivity contribution in [3.05, 3.63) is 129 Å². The Labute approximate surface area is 217 Å². The summed E-state index contributed by atoms with van der Waals surface area (Å²) in [6.45, 7) is 0.533. The molecule has 4 aromatic rings. The Balaban J connectivity index is 1.29. The maximum absolute atomic E-state index is 6.50. The summed E-state index contributed by atoms with van der Waals surface area (Å²) in [5, 5.41) is 7.83. The van der Waals surface area contributed by atoms with Crippen molar-refractivity contribution >= 4 is 33.2 Å². The highest BCUT2D eigenvalue weighted by Gasteiger charge is 2.41. The second-order valence-electron chi connectivity index (χ2n) is 8.65. The van der Waals surface area contributed by atoms with Crippen molar-refractivity contribution in [3.8, 4) is 11.5 Å². The van der Waals surface area contributed by atoms with Crippen molar-refractivity contribution in [3.63, 3.8) is 0 Å². The summed E-state index contributed by atoms with van der Waals surface area (Å²) in [7, 11) is 0. The maximum atomic E-state index is 6.50. The number of hydrogen-bond donors (Lipinski definition) is 0. The van der Waals surface area contributed by atoms with Crippen LogP contribution in [0.4, 0.5) is 0 Å². The van der Waals surface area contributed by atoms with Crippen molar-refractivity contribution in [2.24, 2.45) is 5.10 Å². The van der Waals surface area contributed by atoms with Gasteiger partial charge in [-0.05, 0) is 65.7 Å². The third-order valence-electron chi connectivity index (χ3n) is 6.34. The van der Waals surface area contributed by atoms with Gasteiger partial charge in [0.2, 0.25) is 6.23 Å². The standard InChI is InChI=1S/C29H22BrClN2O2/c30-22-10-15-28-25(16-22)27-17-26(20-6-11-23(31)12-7-20)32-33(27)29(35-28)21-8-13-24(14-9-21)34-18-19-4-2-1-3-5-19/h1-16,27,29H,17-18H2/t27-,29-/m1/s1. The normalized spacial score (nSPS) is 18.3. The monoisotopic (exact) mass is 544 g/mol. The van der Waals surface area contributed by atoms with Crippen LogP contribution in [0.1, 0.15) is 40.9 Å². The van der Waals surface area contributed by atoms with E-state index < -0.39 is 0 Å². The highest BCUT2D eigenvalue weighted by atomic mass is 79.9. The highest BCUT2D eigenvalue weighted by Crippen LogP contribution is 2.48. The molecule has 0 aromatic heterocycles. The number of benzene rings is 4. The van der Waals surface area contributed by atoms with Crippen LogP contribution in [0.5, 0.6) is 11.5 Å². The Morgan fingerprint density at radius 1 is 0.943 bits per heavy atom. The van der Waals surface area contributed by atoms with E-state index in [1.54, 1.807) is 0 Å². The van der Waals surface area contributed by atoms with E-state index in [-0.39, 0.29) is 12.3 Å². The van der Waals surface area contributed by atoms with Crippen LogP contribution in [0.3, 0.4) is 0 Å². The minimum absolute atomic E-state index is 0.0842. The smallest absolute Gasteiger partial charge is 0.213 e. The SMILES string of the molecule is Clc1ccc(C2=NN3[C@H](C2)c2cc(Br)ccc2O[C@@H]3c2ccc(OCc3ccccc3)cc2)cc1. The van der Waals surface area contributed by atoms with Gasteiger partial charge >= 0.3 is 0 Å². The van der Waals surface area contributed by atoms with Crippen LogP contribution in [0.15, 0.2) is 107 Å². The molecule has 4 aromatic carbocycles. The van der Waals surface area contributed by atoms with E-state index >= 15 is 0 Å². The summed E-state index contributed by atoms with van der Waals surface area (Å²) in [5.41, 5.74) is 5.39. The van der Waals surface area contributed by atoms with E-state index in [1.165, 1.54) is 0 Å². The van der Waals surface area contributed by atoms with Gasteiger partial charge in [0.15, 0.2) is 0 Å². The van der Waals surface area contributed by atoms with E-state index in [2.05, 4.69) is 51.3 Å². The van der Waals surface area contributed by atoms with Gasteiger partial charge in [0.1, 0.15) is 18.1 Å². The van der Waals surface area contributed by atoms with Crippen molar-refractivity contribution in [2.75, 3.05) is 0 Å². The molecular weight excluding hydrogens is 524 g/mol. The third-order valence-corrected chi connectivity index (χ3v) is 7.09. The van der Waals surface area contributed by atoms with E-state index in [9.17, 15) is 0 Å². The predicted molar refractivity (Wildman–Crippen MR) is 142 cm³/mol. The molecule has 0 unspecified atom stereocenters. The number of hydrogen-bond acceptors (Lipinski definition) is 4. The number of nitrogens with zero attached hydrogens (tertiary/aromatic N) is 2. The van der Waals surface area contributed by atoms with Crippen LogP contribution in [0, 0.1) is 0 Å². The molecule has 0 saturated carbocycles. The number of fused-ring (bicyclic) bond motifs is 3. The van der Waals surface area contributed by atoms with Gasteiger partial charge in [-0.2, -0.15) is 5.10 Å². The first-order valence-electron chi connectivity index (χ1n) is 11.5. The lowest BCUT2D eigenvalue weighted by Crippen LogP contribution is -2.33. The molecule has 0 spiro atoms. The fraction of sp³-hybridized carbons (Fsp3) is 0.138. The molecule has 0 amide bonds. The lowest BCUT2D eigenvalue weighted by atomic mass is 9.96. The first-order chi connectivity index (χ1) is 17.1. The molecular formula is C29H22BrClN2O2. The van der Waals surface area contributed by atoms with Gasteiger partial charge in [0.25, 0.3) is 0 Å². The Morgan fingerprint density at radius 3 is 2.49 bits per heavy atom. The van der Waals surface area contributed by atoms with Gasteiger partial charge in [-0.3, -0.25) is 0 Å². The van der Waals surface area contributed by atoms with Crippen LogP contribution in [-0.2, 0) is 6.61 Å². The zero-order chi connectivity index (χ0) is 23.8. The van der Waals surface area contributed by atoms with Gasteiger partial charge in [0, 0.05) is 27.0 Å². The van der Waals surface area contributed by atoms with Crippen molar-refractivity contribution in [1.82, 2.24) is 5.01 Å². The molecule has 6 rings (SSSR count). The molecule has 2 aliphatic heterocycles. The lowest BCUT2D eigenvalue weighted by Gasteiger charge is -2.38. The fourth-order valence-electron chi connectivity index (χ4n) is 4.56. The van der Waals surface area contributed by atoms with Gasteiger partial charge < -0.3 is 9.47 Å². The minimum atomic E-state index is -0.332. The Bertz CT molecular complexity index is 1370. The topological polar surface area (TPSA) is 34.1 Å². The summed E-state index contributed by atoms with van der Waals surface area (Å²) in [5.74, 6) is 1.71. The Hall–Kier alpha value is -3.28. The average Bonchev–Trinajstić information content (AvgIpc) is 3.34. The molecule has 0 radical (unpaired) electrons. The van der Waals surface area contributed by atoms with Crippen LogP contribution in [0.25, 0.3) is 0 Å². The van der Waals surface area contributed by atoms with E-state index in [0.717, 1.165) is 55.4 Å². The number of halogens is 2. The van der Waals surface area contributed by atoms with Crippen LogP contribution in [-0.4, -0.2) is 10.7 Å². The van der Waals surface area contributed by atoms with Gasteiger partial charge in [-0.15, -0.1) is 0 Å². The minimum Gasteiger partial charge on any atom is -0.489 e. The van der Waals surface area contributed by atoms with Crippen molar-refractivity contribution < 1.29 is 9.47 Å². The van der Waals surface area contributed by atoms with Crippen molar-refractivity contribution in [2.45, 2.75) is 25.3 Å². The van der Waals surface area contributed by atoms with Gasteiger partial charge in [-0.25, -0.2) is 5.01 Å². The van der Waals surface area contributed by atoms with Crippen LogP contribution >= 0.6 is 27.5 Å². The first kappa shape index (κ1) is 22.2. The molecule has 0 fully saturated rings. The first-order valence-corrected chi connectivity index (χ1v) is 12.7. The molecule has 0 aliphatic carbocycles. The molecule has 0 bridgehead atoms. The van der Waals surface area contributed by atoms with E-state index in [1.807, 2.05) is 66.7 Å². The molecule has 0 saturated heterocycles. The molecule has 6 heteroatoms. The summed E-state index contributed by atoms with van der Waals surface area (Å²) in [6.07, 6.45) is 0.463. The summed E-state index contributed by atoms with van der Waals surface area (Å²) in [6, 6.07) is 32.4. The lowest BCUT2D eigenvalue weighted by molar-refractivity contribution is -0.0191. The zero-order valence-corrected chi connectivity index (χ0v) is 21.1. The largest absolute Gasteiger partial charge is 0.489 e. The number of ether oxygens (including phenoxy) is 2. The Morgan fingerprint density at radius 2 is 1.71 bits per heavy atom. The molecule has 35 heavy (non-hydrogen) atoms.